The predicted molar refractivity (Wildman–Crippen MR) is 59.5 cm³/mol. The Hall–Kier alpha value is -0.700. The Bertz CT molecular complexity index is 611. The van der Waals surface area contributed by atoms with Crippen molar-refractivity contribution in [2.24, 2.45) is 0 Å². The summed E-state index contributed by atoms with van der Waals surface area (Å²) in [6.45, 7) is 0.282. The molecule has 0 radical (unpaired) electrons. The molecule has 1 N–H and O–H groups in total. The third-order valence-electron chi connectivity index (χ3n) is 2.34. The number of halogens is 1. The van der Waals surface area contributed by atoms with Crippen LogP contribution in [0.25, 0.3) is 0 Å². The summed E-state index contributed by atoms with van der Waals surface area (Å²) >= 11 is 0. The number of carbonyl (C=O) groups excluding carboxylic acids is 1. The molecule has 0 saturated carbocycles. The third-order valence-corrected chi connectivity index (χ3v) is 2.34. The molecule has 98 valence electrons. The average molecular weight is 307 g/mol. The van der Waals surface area contributed by atoms with Crippen molar-refractivity contribution in [3.05, 3.63) is 47.4 Å². The van der Waals surface area contributed by atoms with E-state index in [1.54, 1.807) is 12.1 Å². The molecule has 6 nitrogen and oxygen atoms in total. The largest absolute Gasteiger partial charge is 1.00 e. The summed E-state index contributed by atoms with van der Waals surface area (Å²) in [6, 6.07) is 5.73. The Morgan fingerprint density at radius 3 is 2.38 bits per heavy atom. The van der Waals surface area contributed by atoms with E-state index in [4.69, 9.17) is 0 Å². The van der Waals surface area contributed by atoms with Crippen LogP contribution in [0.5, 0.6) is 5.88 Å². The molecule has 1 aromatic heterocycles. The van der Waals surface area contributed by atoms with Crippen LogP contribution in [0.2, 0.25) is 0 Å². The molecule has 0 saturated heterocycles. The Morgan fingerprint density at radius 2 is 1.86 bits per heavy atom. The van der Waals surface area contributed by atoms with Crippen LogP contribution < -0.4 is 74.6 Å². The van der Waals surface area contributed by atoms with Crippen LogP contribution in [0.4, 0.5) is 10.3 Å². The molecule has 0 bridgehead atoms. The molecule has 21 heavy (non-hydrogen) atoms. The monoisotopic (exact) mass is 307 g/mol. The predicted octanol–water partition coefficient (Wildman–Crippen LogP) is -6.33. The minimum Gasteiger partial charge on any atom is -0.858 e. The quantitative estimate of drug-likeness (QED) is 0.564. The van der Waals surface area contributed by atoms with Gasteiger partial charge in [0.2, 0.25) is 5.95 Å². The SMILES string of the molecule is O=C([O-])c1cnc(NCc2ccc(F)cc2)nc1[O-].[Na+].[Na+]. The molecule has 0 aliphatic heterocycles. The van der Waals surface area contributed by atoms with Crippen molar-refractivity contribution in [2.45, 2.75) is 6.54 Å². The first-order valence-electron chi connectivity index (χ1n) is 5.30. The van der Waals surface area contributed by atoms with Gasteiger partial charge in [-0.05, 0) is 17.7 Å². The van der Waals surface area contributed by atoms with E-state index >= 15 is 0 Å². The van der Waals surface area contributed by atoms with E-state index in [-0.39, 0.29) is 77.4 Å². The third kappa shape index (κ3) is 5.90. The first-order chi connectivity index (χ1) is 9.06. The fraction of sp³-hybridized carbons (Fsp3) is 0.0833. The zero-order valence-electron chi connectivity index (χ0n) is 11.6. The normalized spacial score (nSPS) is 9.19. The van der Waals surface area contributed by atoms with Crippen molar-refractivity contribution in [1.29, 1.82) is 0 Å². The van der Waals surface area contributed by atoms with Gasteiger partial charge < -0.3 is 20.3 Å². The van der Waals surface area contributed by atoms with Crippen LogP contribution in [0.1, 0.15) is 15.9 Å². The molecule has 0 amide bonds. The van der Waals surface area contributed by atoms with Gasteiger partial charge in [-0.25, -0.2) is 14.4 Å². The van der Waals surface area contributed by atoms with Gasteiger partial charge >= 0.3 is 59.1 Å². The molecule has 1 heterocycles. The minimum atomic E-state index is -1.62. The van der Waals surface area contributed by atoms with E-state index in [0.29, 0.717) is 0 Å². The summed E-state index contributed by atoms with van der Waals surface area (Å²) in [5.74, 6) is -2.88. The molecule has 0 aliphatic carbocycles. The van der Waals surface area contributed by atoms with Crippen LogP contribution in [-0.2, 0) is 6.54 Å². The summed E-state index contributed by atoms with van der Waals surface area (Å²) in [5.41, 5.74) is 0.175. The van der Waals surface area contributed by atoms with Gasteiger partial charge in [0, 0.05) is 24.2 Å². The molecule has 0 unspecified atom stereocenters. The Kier molecular flexibility index (Phi) is 9.03. The van der Waals surface area contributed by atoms with Gasteiger partial charge in [0.15, 0.2) is 0 Å². The van der Waals surface area contributed by atoms with Crippen LogP contribution in [0, 0.1) is 5.82 Å². The van der Waals surface area contributed by atoms with Crippen molar-refractivity contribution < 1.29 is 78.5 Å². The van der Waals surface area contributed by atoms with E-state index in [1.165, 1.54) is 12.1 Å². The fourth-order valence-electron chi connectivity index (χ4n) is 1.37. The molecule has 0 atom stereocenters. The van der Waals surface area contributed by atoms with Gasteiger partial charge in [-0.1, -0.05) is 12.1 Å². The summed E-state index contributed by atoms with van der Waals surface area (Å²) < 4.78 is 12.7. The zero-order valence-corrected chi connectivity index (χ0v) is 15.6. The maximum Gasteiger partial charge on any atom is 1.00 e. The van der Waals surface area contributed by atoms with Crippen LogP contribution in [-0.4, -0.2) is 15.9 Å². The molecular weight excluding hydrogens is 299 g/mol. The van der Waals surface area contributed by atoms with Crippen molar-refractivity contribution in [2.75, 3.05) is 5.32 Å². The average Bonchev–Trinajstić information content (AvgIpc) is 2.37. The van der Waals surface area contributed by atoms with Gasteiger partial charge in [0.1, 0.15) is 5.82 Å². The number of hydrogen-bond donors (Lipinski definition) is 1. The molecule has 1 aromatic carbocycles. The molecule has 2 aromatic rings. The van der Waals surface area contributed by atoms with Crippen molar-refractivity contribution in [3.63, 3.8) is 0 Å². The van der Waals surface area contributed by atoms with E-state index < -0.39 is 17.4 Å². The van der Waals surface area contributed by atoms with Crippen LogP contribution >= 0.6 is 0 Å². The van der Waals surface area contributed by atoms with Crippen molar-refractivity contribution in [3.8, 4) is 5.88 Å². The summed E-state index contributed by atoms with van der Waals surface area (Å²) in [4.78, 5) is 17.6. The number of aromatic nitrogens is 2. The van der Waals surface area contributed by atoms with Gasteiger partial charge in [-0.2, -0.15) is 0 Å². The standard InChI is InChI=1S/C12H10FN3O3.2Na/c13-8-3-1-7(2-4-8)5-14-12-15-6-9(11(18)19)10(17)16-12;;/h1-4,6H,5H2,(H,18,19)(H2,14,15,16,17);;/q;2*+1/p-2. The second-order valence-corrected chi connectivity index (χ2v) is 3.68. The summed E-state index contributed by atoms with van der Waals surface area (Å²) in [5, 5.41) is 24.5. The topological polar surface area (TPSA) is 101 Å². The number of aromatic carboxylic acids is 1. The zero-order chi connectivity index (χ0) is 13.8. The van der Waals surface area contributed by atoms with Gasteiger partial charge in [-0.3, -0.25) is 0 Å². The van der Waals surface area contributed by atoms with Crippen LogP contribution in [0.15, 0.2) is 30.5 Å². The molecule has 0 spiro atoms. The van der Waals surface area contributed by atoms with E-state index in [2.05, 4.69) is 15.3 Å². The van der Waals surface area contributed by atoms with E-state index in [9.17, 15) is 19.4 Å². The number of rotatable bonds is 4. The van der Waals surface area contributed by atoms with Gasteiger partial charge in [0.05, 0.1) is 5.97 Å². The van der Waals surface area contributed by atoms with Gasteiger partial charge in [0.25, 0.3) is 0 Å². The second-order valence-electron chi connectivity index (χ2n) is 3.68. The number of anilines is 1. The number of carbonyl (C=O) groups is 1. The van der Waals surface area contributed by atoms with E-state index in [0.717, 1.165) is 11.8 Å². The smallest absolute Gasteiger partial charge is 0.858 e. The number of hydrogen-bond acceptors (Lipinski definition) is 6. The van der Waals surface area contributed by atoms with Crippen molar-refractivity contribution >= 4 is 11.9 Å². The minimum absolute atomic E-state index is 0. The number of benzene rings is 1. The summed E-state index contributed by atoms with van der Waals surface area (Å²) in [6.07, 6.45) is 0.887. The first-order valence-corrected chi connectivity index (χ1v) is 5.30. The molecule has 2 rings (SSSR count). The number of carboxylic acids is 1. The first kappa shape index (κ1) is 20.3. The van der Waals surface area contributed by atoms with Crippen molar-refractivity contribution in [1.82, 2.24) is 9.97 Å². The Morgan fingerprint density at radius 1 is 1.24 bits per heavy atom. The molecule has 9 heteroatoms. The fourth-order valence-corrected chi connectivity index (χ4v) is 1.37. The Balaban J connectivity index is 0.00000200. The summed E-state index contributed by atoms with van der Waals surface area (Å²) in [7, 11) is 0. The van der Waals surface area contributed by atoms with Gasteiger partial charge in [-0.15, -0.1) is 0 Å². The number of nitrogens with zero attached hydrogens (tertiary/aromatic N) is 2. The number of nitrogens with one attached hydrogen (secondary N) is 1. The number of carboxylic acid groups (broad SMARTS) is 1. The van der Waals surface area contributed by atoms with Crippen LogP contribution in [0.3, 0.4) is 0 Å². The maximum atomic E-state index is 12.7. The second kappa shape index (κ2) is 9.34. The maximum absolute atomic E-state index is 12.7. The Labute approximate surface area is 164 Å². The molecule has 0 aliphatic rings. The van der Waals surface area contributed by atoms with E-state index in [1.807, 2.05) is 0 Å². The molecular formula is C12H8FN3Na2O3. The molecule has 0 fully saturated rings.